The maximum absolute atomic E-state index is 13.7. The van der Waals surface area contributed by atoms with E-state index in [9.17, 15) is 24.5 Å². The summed E-state index contributed by atoms with van der Waals surface area (Å²) in [4.78, 5) is 58.5. The molecule has 4 aromatic rings. The lowest BCUT2D eigenvalue weighted by atomic mass is 10.1. The molecular formula is C30H25ClN4O6S. The molecule has 0 N–H and O–H groups in total. The molecule has 42 heavy (non-hydrogen) atoms. The lowest BCUT2D eigenvalue weighted by Gasteiger charge is -2.30. The minimum atomic E-state index is -1.09. The molecule has 2 aliphatic rings. The van der Waals surface area contributed by atoms with Crippen LogP contribution in [0, 0.1) is 17.0 Å². The van der Waals surface area contributed by atoms with Gasteiger partial charge < -0.3 is 9.64 Å². The Morgan fingerprint density at radius 2 is 1.95 bits per heavy atom. The van der Waals surface area contributed by atoms with Crippen LogP contribution in [0.2, 0.25) is 5.02 Å². The van der Waals surface area contributed by atoms with Crippen molar-refractivity contribution in [3.8, 4) is 10.6 Å². The predicted molar refractivity (Wildman–Crippen MR) is 159 cm³/mol. The number of halogens is 1. The largest absolute Gasteiger partial charge is 0.376 e. The molecule has 12 heteroatoms. The standard InChI is InChI=1S/C30H25ClN4O6S/c1-17-4-11-23-26(13-17)42-28(32-23)18-5-8-20(9-6-18)34-27(36)15-25(30(34)38)33(16-21-3-2-12-41-21)29(37)19-7-10-22(31)24(14-19)35(39)40/h4-11,13-14,21,25H,2-3,12,15-16H2,1H3. The topological polar surface area (TPSA) is 123 Å². The number of thiazole rings is 1. The number of nitro benzene ring substituents is 1. The summed E-state index contributed by atoms with van der Waals surface area (Å²) in [7, 11) is 0. The molecule has 3 heterocycles. The van der Waals surface area contributed by atoms with Crippen LogP contribution in [0.1, 0.15) is 35.2 Å². The monoisotopic (exact) mass is 604 g/mol. The number of hydrogen-bond acceptors (Lipinski definition) is 8. The number of rotatable bonds is 7. The number of anilines is 1. The van der Waals surface area contributed by atoms with Gasteiger partial charge in [0, 0.05) is 30.3 Å². The van der Waals surface area contributed by atoms with Crippen LogP contribution in [0.15, 0.2) is 60.7 Å². The van der Waals surface area contributed by atoms with E-state index in [1.807, 2.05) is 31.2 Å². The quantitative estimate of drug-likeness (QED) is 0.149. The van der Waals surface area contributed by atoms with Gasteiger partial charge in [-0.3, -0.25) is 24.5 Å². The Kier molecular flexibility index (Phi) is 7.48. The number of carbonyl (C=O) groups is 3. The van der Waals surface area contributed by atoms with Crippen LogP contribution < -0.4 is 4.90 Å². The van der Waals surface area contributed by atoms with Crippen LogP contribution in [0.3, 0.4) is 0 Å². The van der Waals surface area contributed by atoms with E-state index in [-0.39, 0.29) is 29.7 Å². The van der Waals surface area contributed by atoms with Crippen LogP contribution in [0.25, 0.3) is 20.8 Å². The van der Waals surface area contributed by atoms with E-state index in [4.69, 9.17) is 21.3 Å². The number of fused-ring (bicyclic) bond motifs is 1. The maximum Gasteiger partial charge on any atom is 0.288 e. The highest BCUT2D eigenvalue weighted by atomic mass is 35.5. The zero-order valence-electron chi connectivity index (χ0n) is 22.5. The fourth-order valence-electron chi connectivity index (χ4n) is 5.35. The van der Waals surface area contributed by atoms with E-state index in [0.717, 1.165) is 43.7 Å². The van der Waals surface area contributed by atoms with Gasteiger partial charge in [-0.1, -0.05) is 17.7 Å². The number of aromatic nitrogens is 1. The molecule has 1 aromatic heterocycles. The molecule has 0 spiro atoms. The van der Waals surface area contributed by atoms with Crippen molar-refractivity contribution in [2.45, 2.75) is 38.3 Å². The molecule has 2 atom stereocenters. The SMILES string of the molecule is Cc1ccc2nc(-c3ccc(N4C(=O)CC(N(CC5CCCO5)C(=O)c5ccc(Cl)c([N+](=O)[O-])c5)C4=O)cc3)sc2c1. The summed E-state index contributed by atoms with van der Waals surface area (Å²) in [5, 5.41) is 12.2. The number of benzene rings is 3. The molecule has 2 fully saturated rings. The third kappa shape index (κ3) is 5.26. The normalized spacial score (nSPS) is 18.7. The molecule has 6 rings (SSSR count). The molecule has 10 nitrogen and oxygen atoms in total. The number of imide groups is 1. The van der Waals surface area contributed by atoms with Gasteiger partial charge in [0.2, 0.25) is 5.91 Å². The average Bonchev–Trinajstić information content (AvgIpc) is 3.70. The molecule has 0 radical (unpaired) electrons. The summed E-state index contributed by atoms with van der Waals surface area (Å²) in [6, 6.07) is 15.7. The number of ether oxygens (including phenoxy) is 1. The first-order valence-corrected chi connectivity index (χ1v) is 14.6. The third-order valence-corrected chi connectivity index (χ3v) is 8.88. The third-order valence-electron chi connectivity index (χ3n) is 7.49. The first-order chi connectivity index (χ1) is 20.2. The molecule has 2 aliphatic heterocycles. The first kappa shape index (κ1) is 28.0. The van der Waals surface area contributed by atoms with E-state index < -0.39 is 34.4 Å². The highest BCUT2D eigenvalue weighted by Gasteiger charge is 2.45. The molecule has 0 aliphatic carbocycles. The van der Waals surface area contributed by atoms with E-state index in [2.05, 4.69) is 6.07 Å². The molecule has 3 aromatic carbocycles. The number of hydrogen-bond donors (Lipinski definition) is 0. The van der Waals surface area contributed by atoms with Gasteiger partial charge in [0.15, 0.2) is 0 Å². The molecule has 0 saturated carbocycles. The lowest BCUT2D eigenvalue weighted by Crippen LogP contribution is -2.48. The number of amides is 3. The van der Waals surface area contributed by atoms with Crippen LogP contribution in [-0.4, -0.2) is 57.8 Å². The van der Waals surface area contributed by atoms with Crippen LogP contribution in [0.4, 0.5) is 11.4 Å². The minimum absolute atomic E-state index is 0.00169. The van der Waals surface area contributed by atoms with Crippen molar-refractivity contribution in [3.05, 3.63) is 86.9 Å². The molecule has 214 valence electrons. The van der Waals surface area contributed by atoms with Crippen LogP contribution >= 0.6 is 22.9 Å². The number of nitrogens with zero attached hydrogens (tertiary/aromatic N) is 4. The van der Waals surface area contributed by atoms with Gasteiger partial charge in [-0.2, -0.15) is 0 Å². The Labute approximate surface area is 249 Å². The van der Waals surface area contributed by atoms with Gasteiger partial charge in [-0.25, -0.2) is 9.88 Å². The summed E-state index contributed by atoms with van der Waals surface area (Å²) in [6.45, 7) is 2.63. The Bertz CT molecular complexity index is 1730. The highest BCUT2D eigenvalue weighted by molar-refractivity contribution is 7.21. The Hall–Kier alpha value is -4.19. The molecule has 2 saturated heterocycles. The van der Waals surface area contributed by atoms with Crippen molar-refractivity contribution < 1.29 is 24.0 Å². The second-order valence-electron chi connectivity index (χ2n) is 10.3. The van der Waals surface area contributed by atoms with Crippen LogP contribution in [0.5, 0.6) is 0 Å². The summed E-state index contributed by atoms with van der Waals surface area (Å²) in [5.41, 5.74) is 2.87. The molecule has 2 unspecified atom stereocenters. The smallest absolute Gasteiger partial charge is 0.288 e. The van der Waals surface area contributed by atoms with Crippen molar-refractivity contribution in [1.29, 1.82) is 0 Å². The van der Waals surface area contributed by atoms with E-state index in [1.54, 1.807) is 23.5 Å². The van der Waals surface area contributed by atoms with Crippen molar-refractivity contribution in [1.82, 2.24) is 9.88 Å². The number of nitro groups is 1. The first-order valence-electron chi connectivity index (χ1n) is 13.4. The molecule has 0 bridgehead atoms. The Morgan fingerprint density at radius 1 is 1.17 bits per heavy atom. The average molecular weight is 605 g/mol. The summed E-state index contributed by atoms with van der Waals surface area (Å²) in [6.07, 6.45) is 0.968. The summed E-state index contributed by atoms with van der Waals surface area (Å²) < 4.78 is 6.80. The van der Waals surface area contributed by atoms with Gasteiger partial charge in [-0.05, 0) is 73.9 Å². The number of aryl methyl sites for hydroxylation is 1. The van der Waals surface area contributed by atoms with Crippen molar-refractivity contribution in [3.63, 3.8) is 0 Å². The maximum atomic E-state index is 13.7. The Balaban J connectivity index is 1.27. The van der Waals surface area contributed by atoms with Gasteiger partial charge in [0.05, 0.1) is 33.4 Å². The molecular weight excluding hydrogens is 580 g/mol. The van der Waals surface area contributed by atoms with Crippen LogP contribution in [-0.2, 0) is 14.3 Å². The van der Waals surface area contributed by atoms with E-state index in [1.165, 1.54) is 17.0 Å². The zero-order valence-corrected chi connectivity index (χ0v) is 24.1. The van der Waals surface area contributed by atoms with Gasteiger partial charge >= 0.3 is 0 Å². The predicted octanol–water partition coefficient (Wildman–Crippen LogP) is 5.79. The summed E-state index contributed by atoms with van der Waals surface area (Å²) >= 11 is 7.51. The number of carbonyl (C=O) groups excluding carboxylic acids is 3. The highest BCUT2D eigenvalue weighted by Crippen LogP contribution is 2.34. The fraction of sp³-hybridized carbons (Fsp3) is 0.267. The van der Waals surface area contributed by atoms with Gasteiger partial charge in [-0.15, -0.1) is 11.3 Å². The lowest BCUT2D eigenvalue weighted by molar-refractivity contribution is -0.384. The summed E-state index contributed by atoms with van der Waals surface area (Å²) in [5.74, 6) is -1.60. The van der Waals surface area contributed by atoms with Crippen molar-refractivity contribution in [2.24, 2.45) is 0 Å². The fourth-order valence-corrected chi connectivity index (χ4v) is 6.61. The zero-order chi connectivity index (χ0) is 29.5. The minimum Gasteiger partial charge on any atom is -0.376 e. The van der Waals surface area contributed by atoms with Gasteiger partial charge in [0.25, 0.3) is 17.5 Å². The van der Waals surface area contributed by atoms with Crippen molar-refractivity contribution in [2.75, 3.05) is 18.1 Å². The Morgan fingerprint density at radius 3 is 2.67 bits per heavy atom. The second kappa shape index (κ2) is 11.2. The van der Waals surface area contributed by atoms with Gasteiger partial charge in [0.1, 0.15) is 16.1 Å². The molecule has 3 amide bonds. The second-order valence-corrected chi connectivity index (χ2v) is 11.8. The van der Waals surface area contributed by atoms with E-state index >= 15 is 0 Å². The van der Waals surface area contributed by atoms with E-state index in [0.29, 0.717) is 18.7 Å². The van der Waals surface area contributed by atoms with Crippen molar-refractivity contribution >= 4 is 62.3 Å².